The van der Waals surface area contributed by atoms with Gasteiger partial charge in [0.1, 0.15) is 17.7 Å². The van der Waals surface area contributed by atoms with Crippen molar-refractivity contribution < 1.29 is 31.6 Å². The highest BCUT2D eigenvalue weighted by Gasteiger charge is 2.22. The van der Waals surface area contributed by atoms with Crippen LogP contribution in [-0.2, 0) is 26.1 Å². The van der Waals surface area contributed by atoms with Crippen molar-refractivity contribution in [3.05, 3.63) is 70.4 Å². The number of nitrogens with one attached hydrogen (secondary N) is 1. The maximum absolute atomic E-state index is 13.2. The lowest BCUT2D eigenvalue weighted by Crippen LogP contribution is -2.23. The summed E-state index contributed by atoms with van der Waals surface area (Å²) in [7, 11) is -4.14. The number of benzene rings is 1. The lowest BCUT2D eigenvalue weighted by Gasteiger charge is -2.13. The van der Waals surface area contributed by atoms with Gasteiger partial charge in [0, 0.05) is 12.2 Å². The van der Waals surface area contributed by atoms with Crippen molar-refractivity contribution in [1.82, 2.24) is 4.57 Å². The average molecular weight is 474 g/mol. The van der Waals surface area contributed by atoms with Gasteiger partial charge >= 0.3 is 5.97 Å². The zero-order valence-electron chi connectivity index (χ0n) is 17.6. The first-order chi connectivity index (χ1) is 15.5. The second-order valence-electron chi connectivity index (χ2n) is 7.05. The van der Waals surface area contributed by atoms with E-state index in [1.165, 1.54) is 12.1 Å². The standard InChI is InChI=1S/C21H19FN4O6S/c1-12-13(2)26(10-14-3-5-15(22)6-4-14)20(16(12)9-23)25-18(27)11-31-21(28)17-7-8-19(32-17)33(24,29)30/h3-8H,10-11H2,1-2H3,(H,25,27)(H2,24,29,30). The molecule has 1 aromatic carbocycles. The number of rotatable bonds is 7. The molecule has 33 heavy (non-hydrogen) atoms. The van der Waals surface area contributed by atoms with Crippen LogP contribution in [0.2, 0.25) is 0 Å². The van der Waals surface area contributed by atoms with E-state index < -0.39 is 39.4 Å². The van der Waals surface area contributed by atoms with E-state index in [0.717, 1.165) is 17.7 Å². The van der Waals surface area contributed by atoms with Crippen molar-refractivity contribution >= 4 is 27.7 Å². The molecule has 0 aliphatic heterocycles. The number of aromatic nitrogens is 1. The summed E-state index contributed by atoms with van der Waals surface area (Å²) in [5.74, 6) is -2.45. The van der Waals surface area contributed by atoms with Gasteiger partial charge in [-0.25, -0.2) is 22.7 Å². The van der Waals surface area contributed by atoms with Crippen LogP contribution >= 0.6 is 0 Å². The smallest absolute Gasteiger partial charge is 0.374 e. The quantitative estimate of drug-likeness (QED) is 0.497. The molecule has 0 saturated carbocycles. The lowest BCUT2D eigenvalue weighted by atomic mass is 10.2. The Balaban J connectivity index is 1.75. The van der Waals surface area contributed by atoms with Crippen LogP contribution in [0.15, 0.2) is 45.9 Å². The van der Waals surface area contributed by atoms with Gasteiger partial charge in [-0.3, -0.25) is 4.79 Å². The normalized spacial score (nSPS) is 11.1. The molecule has 1 amide bonds. The molecule has 0 radical (unpaired) electrons. The van der Waals surface area contributed by atoms with Crippen LogP contribution in [0, 0.1) is 31.0 Å². The van der Waals surface area contributed by atoms with E-state index >= 15 is 0 Å². The number of amides is 1. The molecule has 12 heteroatoms. The van der Waals surface area contributed by atoms with Crippen LogP contribution in [0.1, 0.15) is 32.9 Å². The monoisotopic (exact) mass is 474 g/mol. The van der Waals surface area contributed by atoms with Crippen molar-refractivity contribution in [3.63, 3.8) is 0 Å². The molecule has 0 saturated heterocycles. The van der Waals surface area contributed by atoms with Gasteiger partial charge in [-0.05, 0) is 49.2 Å². The van der Waals surface area contributed by atoms with E-state index in [9.17, 15) is 27.7 Å². The molecular weight excluding hydrogens is 455 g/mol. The van der Waals surface area contributed by atoms with Gasteiger partial charge in [-0.15, -0.1) is 0 Å². The number of nitrogens with zero attached hydrogens (tertiary/aromatic N) is 2. The van der Waals surface area contributed by atoms with E-state index in [-0.39, 0.29) is 23.7 Å². The molecule has 0 bridgehead atoms. The number of carbonyl (C=O) groups is 2. The van der Waals surface area contributed by atoms with E-state index in [4.69, 9.17) is 14.3 Å². The first-order valence-corrected chi connectivity index (χ1v) is 11.0. The molecule has 2 heterocycles. The molecule has 10 nitrogen and oxygen atoms in total. The fourth-order valence-corrected chi connectivity index (χ4v) is 3.52. The Hall–Kier alpha value is -3.95. The summed E-state index contributed by atoms with van der Waals surface area (Å²) >= 11 is 0. The molecule has 0 atom stereocenters. The number of ether oxygens (including phenoxy) is 1. The third kappa shape index (κ3) is 5.28. The lowest BCUT2D eigenvalue weighted by molar-refractivity contribution is -0.119. The number of halogens is 1. The number of hydrogen-bond donors (Lipinski definition) is 2. The Bertz CT molecular complexity index is 1370. The highest BCUT2D eigenvalue weighted by molar-refractivity contribution is 7.89. The molecule has 2 aromatic heterocycles. The summed E-state index contributed by atoms with van der Waals surface area (Å²) in [6.07, 6.45) is 0. The number of carbonyl (C=O) groups excluding carboxylic acids is 2. The van der Waals surface area contributed by atoms with Crippen molar-refractivity contribution in [2.75, 3.05) is 11.9 Å². The van der Waals surface area contributed by atoms with E-state index in [2.05, 4.69) is 5.32 Å². The van der Waals surface area contributed by atoms with E-state index in [1.807, 2.05) is 6.07 Å². The van der Waals surface area contributed by atoms with Gasteiger partial charge in [-0.2, -0.15) is 5.26 Å². The van der Waals surface area contributed by atoms with Crippen LogP contribution < -0.4 is 10.5 Å². The molecule has 0 unspecified atom stereocenters. The molecule has 0 aliphatic carbocycles. The fourth-order valence-electron chi connectivity index (χ4n) is 3.05. The van der Waals surface area contributed by atoms with Crippen molar-refractivity contribution in [3.8, 4) is 6.07 Å². The summed E-state index contributed by atoms with van der Waals surface area (Å²) in [6.45, 7) is 3.03. The Morgan fingerprint density at radius 1 is 1.21 bits per heavy atom. The first kappa shape index (κ1) is 23.7. The summed E-state index contributed by atoms with van der Waals surface area (Å²) in [5, 5.41) is 16.4. The van der Waals surface area contributed by atoms with E-state index in [0.29, 0.717) is 11.3 Å². The van der Waals surface area contributed by atoms with Crippen molar-refractivity contribution in [2.45, 2.75) is 25.5 Å². The van der Waals surface area contributed by atoms with Crippen molar-refractivity contribution in [2.24, 2.45) is 5.14 Å². The third-order valence-electron chi connectivity index (χ3n) is 4.85. The minimum absolute atomic E-state index is 0.201. The molecular formula is C21H19FN4O6S. The molecule has 3 aromatic rings. The number of anilines is 1. The minimum atomic E-state index is -4.14. The van der Waals surface area contributed by atoms with Crippen LogP contribution in [0.5, 0.6) is 0 Å². The molecule has 172 valence electrons. The second kappa shape index (κ2) is 9.27. The number of nitriles is 1. The zero-order chi connectivity index (χ0) is 24.3. The van der Waals surface area contributed by atoms with Crippen LogP contribution in [-0.4, -0.2) is 31.5 Å². The van der Waals surface area contributed by atoms with E-state index in [1.54, 1.807) is 30.5 Å². The highest BCUT2D eigenvalue weighted by Crippen LogP contribution is 2.27. The fraction of sp³-hybridized carbons (Fsp3) is 0.190. The largest absolute Gasteiger partial charge is 0.450 e. The topological polar surface area (TPSA) is 157 Å². The summed E-state index contributed by atoms with van der Waals surface area (Å²) in [5.41, 5.74) is 2.34. The minimum Gasteiger partial charge on any atom is -0.450 e. The SMILES string of the molecule is Cc1c(C#N)c(NC(=O)COC(=O)c2ccc(S(N)(=O)=O)o2)n(Cc2ccc(F)cc2)c1C. The van der Waals surface area contributed by atoms with Crippen molar-refractivity contribution in [1.29, 1.82) is 5.26 Å². The number of furan rings is 1. The predicted molar refractivity (Wildman–Crippen MR) is 113 cm³/mol. The zero-order valence-corrected chi connectivity index (χ0v) is 18.4. The molecule has 0 fully saturated rings. The van der Waals surface area contributed by atoms with Gasteiger partial charge in [0.25, 0.3) is 15.9 Å². The molecule has 3 N–H and O–H groups in total. The predicted octanol–water partition coefficient (Wildman–Crippen LogP) is 2.20. The average Bonchev–Trinajstić information content (AvgIpc) is 3.34. The summed E-state index contributed by atoms with van der Waals surface area (Å²) < 4.78 is 47.0. The Morgan fingerprint density at radius 3 is 2.45 bits per heavy atom. The Morgan fingerprint density at radius 2 is 1.88 bits per heavy atom. The third-order valence-corrected chi connectivity index (χ3v) is 5.63. The van der Waals surface area contributed by atoms with Gasteiger partial charge < -0.3 is 19.0 Å². The molecule has 0 aliphatic rings. The molecule has 3 rings (SSSR count). The second-order valence-corrected chi connectivity index (χ2v) is 8.54. The number of nitrogens with two attached hydrogens (primary N) is 1. The van der Waals surface area contributed by atoms with Crippen LogP contribution in [0.25, 0.3) is 0 Å². The number of hydrogen-bond acceptors (Lipinski definition) is 7. The maximum Gasteiger partial charge on any atom is 0.374 e. The van der Waals surface area contributed by atoms with Crippen LogP contribution in [0.3, 0.4) is 0 Å². The number of esters is 1. The van der Waals surface area contributed by atoms with Gasteiger partial charge in [-0.1, -0.05) is 12.1 Å². The Labute approximate surface area is 188 Å². The van der Waals surface area contributed by atoms with Gasteiger partial charge in [0.05, 0.1) is 5.56 Å². The number of primary sulfonamides is 1. The van der Waals surface area contributed by atoms with Gasteiger partial charge in [0.15, 0.2) is 6.61 Å². The highest BCUT2D eigenvalue weighted by atomic mass is 32.2. The molecule has 0 spiro atoms. The summed E-state index contributed by atoms with van der Waals surface area (Å²) in [4.78, 5) is 24.5. The summed E-state index contributed by atoms with van der Waals surface area (Å²) in [6, 6.07) is 9.86. The van der Waals surface area contributed by atoms with Crippen LogP contribution in [0.4, 0.5) is 10.2 Å². The first-order valence-electron chi connectivity index (χ1n) is 9.45. The Kier molecular flexibility index (Phi) is 6.66. The maximum atomic E-state index is 13.2. The van der Waals surface area contributed by atoms with Gasteiger partial charge in [0.2, 0.25) is 10.9 Å². The number of sulfonamides is 1.